The third kappa shape index (κ3) is 12.1. The number of allylic oxidation sites excluding steroid dienone is 2. The number of carbonyl (C=O) groups is 2. The van der Waals surface area contributed by atoms with Crippen LogP contribution < -0.4 is 0 Å². The van der Waals surface area contributed by atoms with Crippen LogP contribution in [0.3, 0.4) is 0 Å². The number of benzene rings is 4. The van der Waals surface area contributed by atoms with Gasteiger partial charge in [-0.05, 0) is 174 Å². The first-order chi connectivity index (χ1) is 33.2. The first-order valence-corrected chi connectivity index (χ1v) is 27.0. The molecule has 376 valence electrons. The highest BCUT2D eigenvalue weighted by Crippen LogP contribution is 2.56. The Morgan fingerprint density at radius 2 is 0.929 bits per heavy atom. The second-order valence-corrected chi connectivity index (χ2v) is 23.8. The van der Waals surface area contributed by atoms with Crippen molar-refractivity contribution >= 4 is 58.2 Å². The smallest absolute Gasteiger partial charge is 0.229 e. The Bertz CT molecular complexity index is 2300. The first kappa shape index (κ1) is 54.2. The average Bonchev–Trinajstić information content (AvgIpc) is 4.24. The van der Waals surface area contributed by atoms with E-state index in [0.29, 0.717) is 70.5 Å². The Balaban J connectivity index is 0.000000206. The van der Waals surface area contributed by atoms with Crippen LogP contribution in [-0.4, -0.2) is 55.1 Å². The van der Waals surface area contributed by atoms with Gasteiger partial charge in [0.25, 0.3) is 0 Å². The quantitative estimate of drug-likeness (QED) is 0.0973. The summed E-state index contributed by atoms with van der Waals surface area (Å²) in [5, 5.41) is 25.4. The molecule has 0 spiro atoms. The van der Waals surface area contributed by atoms with E-state index >= 15 is 0 Å². The molecule has 2 unspecified atom stereocenters. The lowest BCUT2D eigenvalue weighted by molar-refractivity contribution is -0.157. The Labute approximate surface area is 438 Å². The molecule has 2 aliphatic heterocycles. The molecular formula is C60H74Cl4N2O4. The summed E-state index contributed by atoms with van der Waals surface area (Å²) in [5.74, 6) is 0.973. The molecule has 10 atom stereocenters. The van der Waals surface area contributed by atoms with Crippen molar-refractivity contribution in [3.05, 3.63) is 165 Å². The molecule has 2 saturated carbocycles. The van der Waals surface area contributed by atoms with Crippen LogP contribution in [0.25, 0.3) is 0 Å². The molecule has 0 radical (unpaired) electrons. The van der Waals surface area contributed by atoms with Crippen LogP contribution in [0.5, 0.6) is 0 Å². The molecule has 70 heavy (non-hydrogen) atoms. The van der Waals surface area contributed by atoms with E-state index in [-0.39, 0.29) is 47.8 Å². The molecule has 2 saturated heterocycles. The third-order valence-electron chi connectivity index (χ3n) is 16.3. The largest absolute Gasteiger partial charge is 0.390 e. The van der Waals surface area contributed by atoms with E-state index in [4.69, 9.17) is 46.4 Å². The summed E-state index contributed by atoms with van der Waals surface area (Å²) in [5.41, 5.74) is 1.60. The van der Waals surface area contributed by atoms with E-state index in [9.17, 15) is 19.8 Å². The molecule has 4 aliphatic rings. The minimum atomic E-state index is -0.788. The molecule has 2 heterocycles. The van der Waals surface area contributed by atoms with Crippen LogP contribution in [0, 0.1) is 22.7 Å². The Morgan fingerprint density at radius 3 is 1.21 bits per heavy atom. The summed E-state index contributed by atoms with van der Waals surface area (Å²) in [6, 6.07) is 31.2. The monoisotopic (exact) mass is 1030 g/mol. The van der Waals surface area contributed by atoms with Gasteiger partial charge in [-0.3, -0.25) is 9.59 Å². The molecule has 4 aromatic rings. The Hall–Kier alpha value is -3.62. The second-order valence-electron chi connectivity index (χ2n) is 22.1. The first-order valence-electron chi connectivity index (χ1n) is 25.5. The highest BCUT2D eigenvalue weighted by atomic mass is 35.5. The third-order valence-corrected chi connectivity index (χ3v) is 17.3. The van der Waals surface area contributed by atoms with Crippen LogP contribution in [0.4, 0.5) is 0 Å². The van der Waals surface area contributed by atoms with E-state index in [1.807, 2.05) is 111 Å². The molecule has 10 heteroatoms. The summed E-state index contributed by atoms with van der Waals surface area (Å²) in [7, 11) is 0. The number of nitrogens with zero attached hydrogens (tertiary/aromatic N) is 2. The predicted octanol–water partition coefficient (Wildman–Crippen LogP) is 15.9. The zero-order chi connectivity index (χ0) is 50.8. The fourth-order valence-corrected chi connectivity index (χ4v) is 12.8. The van der Waals surface area contributed by atoms with Crippen molar-refractivity contribution in [3.63, 3.8) is 0 Å². The van der Waals surface area contributed by atoms with Gasteiger partial charge in [0.1, 0.15) is 0 Å². The van der Waals surface area contributed by atoms with Crippen molar-refractivity contribution in [2.45, 2.75) is 166 Å². The van der Waals surface area contributed by atoms with Gasteiger partial charge in [-0.15, -0.1) is 13.2 Å². The lowest BCUT2D eigenvalue weighted by Crippen LogP contribution is -2.56. The number of halogens is 4. The van der Waals surface area contributed by atoms with Gasteiger partial charge in [-0.2, -0.15) is 0 Å². The summed E-state index contributed by atoms with van der Waals surface area (Å²) in [4.78, 5) is 32.9. The molecule has 8 rings (SSSR count). The van der Waals surface area contributed by atoms with Gasteiger partial charge in [0, 0.05) is 44.0 Å². The summed E-state index contributed by atoms with van der Waals surface area (Å²) in [6.07, 6.45) is 13.2. The molecule has 4 aromatic carbocycles. The standard InChI is InChI=1S/2C30H37Cl2NO2/c2*1-5-16-29(3)19-26(21-8-7-9-24(32)17-21)27(20-10-14-23(31)15-11-20)33(28(29)34)25(6-2)18-30(4,35)22-12-13-22/h2*5,7-11,14-15,17,22,25-27,35H,1,6,12-13,16,18-19H2,2-4H3/t25?,26-,27-,29+,30+;25?,26-,27-,29+,30-/m11/s1. The molecule has 2 amide bonds. The zero-order valence-corrected chi connectivity index (χ0v) is 45.1. The van der Waals surface area contributed by atoms with Gasteiger partial charge >= 0.3 is 0 Å². The van der Waals surface area contributed by atoms with E-state index in [1.54, 1.807) is 0 Å². The van der Waals surface area contributed by atoms with E-state index in [2.05, 4.69) is 62.8 Å². The van der Waals surface area contributed by atoms with Gasteiger partial charge in [0.05, 0.1) is 34.1 Å². The van der Waals surface area contributed by atoms with Gasteiger partial charge in [0.15, 0.2) is 0 Å². The minimum Gasteiger partial charge on any atom is -0.390 e. The van der Waals surface area contributed by atoms with Crippen molar-refractivity contribution < 1.29 is 19.8 Å². The van der Waals surface area contributed by atoms with Crippen molar-refractivity contribution in [3.8, 4) is 0 Å². The topological polar surface area (TPSA) is 81.1 Å². The highest BCUT2D eigenvalue weighted by molar-refractivity contribution is 6.31. The molecule has 0 bridgehead atoms. The van der Waals surface area contributed by atoms with E-state index < -0.39 is 22.0 Å². The summed E-state index contributed by atoms with van der Waals surface area (Å²) >= 11 is 25.4. The Kier molecular flexibility index (Phi) is 17.2. The maximum Gasteiger partial charge on any atom is 0.229 e. The van der Waals surface area contributed by atoms with Crippen molar-refractivity contribution in [2.24, 2.45) is 22.7 Å². The highest BCUT2D eigenvalue weighted by Gasteiger charge is 2.54. The number of aliphatic hydroxyl groups is 2. The number of carbonyl (C=O) groups excluding carboxylic acids is 2. The second kappa shape index (κ2) is 22.2. The molecule has 2 N–H and O–H groups in total. The van der Waals surface area contributed by atoms with Gasteiger partial charge in [-0.1, -0.05) is 135 Å². The fourth-order valence-electron chi connectivity index (χ4n) is 12.2. The number of hydrogen-bond donors (Lipinski definition) is 2. The number of piperidine rings is 2. The van der Waals surface area contributed by atoms with Gasteiger partial charge in [-0.25, -0.2) is 0 Å². The fraction of sp³-hybridized carbons (Fsp3) is 0.500. The number of rotatable bonds is 18. The minimum absolute atomic E-state index is 0.0393. The Morgan fingerprint density at radius 1 is 0.586 bits per heavy atom. The molecule has 6 nitrogen and oxygen atoms in total. The summed E-state index contributed by atoms with van der Waals surface area (Å²) < 4.78 is 0. The van der Waals surface area contributed by atoms with Crippen molar-refractivity contribution in [1.82, 2.24) is 9.80 Å². The summed E-state index contributed by atoms with van der Waals surface area (Å²) in [6.45, 7) is 20.2. The average molecular weight is 1030 g/mol. The number of hydrogen-bond acceptors (Lipinski definition) is 4. The van der Waals surface area contributed by atoms with Crippen molar-refractivity contribution in [2.75, 3.05) is 0 Å². The molecule has 0 aromatic heterocycles. The molecule has 2 aliphatic carbocycles. The number of likely N-dealkylation sites (tertiary alicyclic amines) is 2. The zero-order valence-electron chi connectivity index (χ0n) is 42.0. The lowest BCUT2D eigenvalue weighted by Gasteiger charge is -2.53. The lowest BCUT2D eigenvalue weighted by atomic mass is 9.66. The van der Waals surface area contributed by atoms with Crippen LogP contribution >= 0.6 is 46.4 Å². The van der Waals surface area contributed by atoms with Crippen LogP contribution in [0.1, 0.15) is 165 Å². The van der Waals surface area contributed by atoms with Crippen LogP contribution in [-0.2, 0) is 9.59 Å². The van der Waals surface area contributed by atoms with Gasteiger partial charge < -0.3 is 20.0 Å². The van der Waals surface area contributed by atoms with Crippen molar-refractivity contribution in [1.29, 1.82) is 0 Å². The number of amides is 2. The maximum atomic E-state index is 14.3. The van der Waals surface area contributed by atoms with Gasteiger partial charge in [0.2, 0.25) is 11.8 Å². The van der Waals surface area contributed by atoms with Crippen LogP contribution in [0.2, 0.25) is 20.1 Å². The van der Waals surface area contributed by atoms with E-state index in [1.165, 1.54) is 0 Å². The van der Waals surface area contributed by atoms with E-state index in [0.717, 1.165) is 60.8 Å². The maximum absolute atomic E-state index is 14.3. The molecule has 4 fully saturated rings. The normalized spacial score (nSPS) is 27.4. The SMILES string of the molecule is C=CC[C@@]1(C)C[C@H](c2cccc(Cl)c2)[C@@H](c2ccc(Cl)cc2)N(C(CC)C[C@@](C)(O)C2CC2)C1=O.C=CC[C@@]1(C)C[C@H](c2cccc(Cl)c2)[C@@H](c2ccc(Cl)cc2)N(C(CC)C[C@](C)(O)C2CC2)C1=O. The molecular weight excluding hydrogens is 954 g/mol. The van der Waals surface area contributed by atoms with Crippen LogP contribution in [0.15, 0.2) is 122 Å². The predicted molar refractivity (Wildman–Crippen MR) is 290 cm³/mol.